The normalized spacial score (nSPS) is 23.4. The number of hydrogen-bond acceptors (Lipinski definition) is 1. The Kier molecular flexibility index (Phi) is 6.00. The van der Waals surface area contributed by atoms with Gasteiger partial charge in [-0.15, -0.1) is 11.6 Å². The van der Waals surface area contributed by atoms with Gasteiger partial charge in [0, 0.05) is 24.3 Å². The summed E-state index contributed by atoms with van der Waals surface area (Å²) in [6.07, 6.45) is 13.5. The van der Waals surface area contributed by atoms with Gasteiger partial charge >= 0.3 is 0 Å². The van der Waals surface area contributed by atoms with Crippen molar-refractivity contribution in [2.75, 3.05) is 12.4 Å². The highest BCUT2D eigenvalue weighted by Crippen LogP contribution is 2.38. The van der Waals surface area contributed by atoms with Gasteiger partial charge in [-0.3, -0.25) is 4.79 Å². The third-order valence-electron chi connectivity index (χ3n) is 5.11. The van der Waals surface area contributed by atoms with E-state index in [4.69, 9.17) is 11.6 Å². The Morgan fingerprint density at radius 1 is 1.11 bits per heavy atom. The molecule has 110 valence electrons. The van der Waals surface area contributed by atoms with E-state index in [-0.39, 0.29) is 11.3 Å². The molecule has 0 aromatic carbocycles. The Hall–Kier alpha value is -0.240. The molecule has 0 bridgehead atoms. The summed E-state index contributed by atoms with van der Waals surface area (Å²) in [5, 5.41) is 3.13. The minimum atomic E-state index is 0.196. The van der Waals surface area contributed by atoms with Gasteiger partial charge in [-0.25, -0.2) is 0 Å². The van der Waals surface area contributed by atoms with Crippen LogP contribution in [0.25, 0.3) is 0 Å². The van der Waals surface area contributed by atoms with Crippen LogP contribution in [0.5, 0.6) is 0 Å². The lowest BCUT2D eigenvalue weighted by Crippen LogP contribution is -2.37. The highest BCUT2D eigenvalue weighted by atomic mass is 35.5. The van der Waals surface area contributed by atoms with E-state index in [1.807, 2.05) is 0 Å². The lowest BCUT2D eigenvalue weighted by molar-refractivity contribution is -0.121. The smallest absolute Gasteiger partial charge is 0.220 e. The van der Waals surface area contributed by atoms with Crippen molar-refractivity contribution >= 4 is 17.5 Å². The van der Waals surface area contributed by atoms with Gasteiger partial charge in [-0.2, -0.15) is 0 Å². The molecule has 0 radical (unpaired) electrons. The summed E-state index contributed by atoms with van der Waals surface area (Å²) in [6, 6.07) is 0. The number of halogens is 1. The molecule has 0 aromatic heterocycles. The molecule has 3 heteroatoms. The number of carbonyl (C=O) groups excluding carboxylic acids is 1. The molecule has 0 heterocycles. The fourth-order valence-corrected chi connectivity index (χ4v) is 4.03. The molecule has 0 aliphatic heterocycles. The third kappa shape index (κ3) is 4.66. The van der Waals surface area contributed by atoms with Crippen LogP contribution < -0.4 is 5.32 Å². The van der Waals surface area contributed by atoms with Crippen LogP contribution in [0.2, 0.25) is 0 Å². The topological polar surface area (TPSA) is 29.1 Å². The molecule has 2 rings (SSSR count). The molecule has 2 saturated carbocycles. The van der Waals surface area contributed by atoms with Crippen molar-refractivity contribution in [3.63, 3.8) is 0 Å². The largest absolute Gasteiger partial charge is 0.356 e. The van der Waals surface area contributed by atoms with Crippen molar-refractivity contribution in [3.8, 4) is 0 Å². The number of amides is 1. The Morgan fingerprint density at radius 2 is 1.79 bits per heavy atom. The van der Waals surface area contributed by atoms with Crippen molar-refractivity contribution < 1.29 is 4.79 Å². The van der Waals surface area contributed by atoms with Crippen LogP contribution in [0.1, 0.15) is 70.6 Å². The average Bonchev–Trinajstić information content (AvgIpc) is 2.93. The Labute approximate surface area is 122 Å². The van der Waals surface area contributed by atoms with E-state index < -0.39 is 0 Å². The molecule has 2 fully saturated rings. The predicted molar refractivity (Wildman–Crippen MR) is 80.4 cm³/mol. The summed E-state index contributed by atoms with van der Waals surface area (Å²) >= 11 is 6.10. The van der Waals surface area contributed by atoms with Crippen LogP contribution in [0.4, 0.5) is 0 Å². The molecule has 2 aliphatic rings. The standard InChI is InChI=1S/C16H28ClNO/c17-12-16(10-4-5-11-16)13-18-15(19)9-8-14-6-2-1-3-7-14/h14H,1-13H2,(H,18,19). The number of nitrogens with one attached hydrogen (secondary N) is 1. The Morgan fingerprint density at radius 3 is 2.42 bits per heavy atom. The summed E-state index contributed by atoms with van der Waals surface area (Å²) in [7, 11) is 0. The molecule has 1 N–H and O–H groups in total. The van der Waals surface area contributed by atoms with Crippen LogP contribution in [0.15, 0.2) is 0 Å². The Balaban J connectivity index is 1.63. The first kappa shape index (κ1) is 15.2. The van der Waals surface area contributed by atoms with Crippen molar-refractivity contribution in [3.05, 3.63) is 0 Å². The van der Waals surface area contributed by atoms with Gasteiger partial charge in [-0.1, -0.05) is 44.9 Å². The van der Waals surface area contributed by atoms with E-state index in [1.54, 1.807) is 0 Å². The Bertz CT molecular complexity index is 280. The second-order valence-corrected chi connectivity index (χ2v) is 6.93. The highest BCUT2D eigenvalue weighted by molar-refractivity contribution is 6.18. The lowest BCUT2D eigenvalue weighted by atomic mass is 9.86. The molecule has 19 heavy (non-hydrogen) atoms. The first-order chi connectivity index (χ1) is 9.24. The molecule has 0 saturated heterocycles. The summed E-state index contributed by atoms with van der Waals surface area (Å²) in [5.41, 5.74) is 0.196. The second kappa shape index (κ2) is 7.52. The lowest BCUT2D eigenvalue weighted by Gasteiger charge is -2.27. The average molecular weight is 286 g/mol. The van der Waals surface area contributed by atoms with Gasteiger partial charge < -0.3 is 5.32 Å². The molecule has 0 aromatic rings. The summed E-state index contributed by atoms with van der Waals surface area (Å²) in [5.74, 6) is 1.73. The van der Waals surface area contributed by atoms with Gasteiger partial charge in [0.25, 0.3) is 0 Å². The van der Waals surface area contributed by atoms with Crippen LogP contribution in [-0.4, -0.2) is 18.3 Å². The molecular formula is C16H28ClNO. The van der Waals surface area contributed by atoms with Crippen LogP contribution >= 0.6 is 11.6 Å². The number of carbonyl (C=O) groups is 1. The van der Waals surface area contributed by atoms with Gasteiger partial charge in [0.15, 0.2) is 0 Å². The summed E-state index contributed by atoms with van der Waals surface area (Å²) < 4.78 is 0. The maximum Gasteiger partial charge on any atom is 0.220 e. The molecule has 0 spiro atoms. The summed E-state index contributed by atoms with van der Waals surface area (Å²) in [6.45, 7) is 0.792. The predicted octanol–water partition coefficient (Wildman–Crippen LogP) is 4.26. The van der Waals surface area contributed by atoms with E-state index in [0.717, 1.165) is 18.9 Å². The van der Waals surface area contributed by atoms with Gasteiger partial charge in [-0.05, 0) is 25.2 Å². The maximum atomic E-state index is 11.9. The highest BCUT2D eigenvalue weighted by Gasteiger charge is 2.33. The van der Waals surface area contributed by atoms with Crippen molar-refractivity contribution in [2.45, 2.75) is 70.6 Å². The van der Waals surface area contributed by atoms with Crippen LogP contribution in [0, 0.1) is 11.3 Å². The zero-order chi connectivity index (χ0) is 13.6. The number of alkyl halides is 1. The molecule has 2 aliphatic carbocycles. The van der Waals surface area contributed by atoms with Crippen LogP contribution in [-0.2, 0) is 4.79 Å². The quantitative estimate of drug-likeness (QED) is 0.726. The van der Waals surface area contributed by atoms with Crippen molar-refractivity contribution in [1.29, 1.82) is 0 Å². The van der Waals surface area contributed by atoms with Crippen LogP contribution in [0.3, 0.4) is 0 Å². The molecule has 0 atom stereocenters. The van der Waals surface area contributed by atoms with E-state index in [2.05, 4.69) is 5.32 Å². The SMILES string of the molecule is O=C(CCC1CCCCC1)NCC1(CCl)CCCC1. The van der Waals surface area contributed by atoms with E-state index in [0.29, 0.717) is 12.3 Å². The maximum absolute atomic E-state index is 11.9. The monoisotopic (exact) mass is 285 g/mol. The van der Waals surface area contributed by atoms with Gasteiger partial charge in [0.2, 0.25) is 5.91 Å². The molecule has 2 nitrogen and oxygen atoms in total. The number of hydrogen-bond donors (Lipinski definition) is 1. The zero-order valence-electron chi connectivity index (χ0n) is 12.1. The van der Waals surface area contributed by atoms with Crippen molar-refractivity contribution in [1.82, 2.24) is 5.32 Å². The van der Waals surface area contributed by atoms with E-state index >= 15 is 0 Å². The third-order valence-corrected chi connectivity index (χ3v) is 5.68. The minimum Gasteiger partial charge on any atom is -0.356 e. The first-order valence-corrected chi connectivity index (χ1v) is 8.60. The second-order valence-electron chi connectivity index (χ2n) is 6.66. The fourth-order valence-electron chi connectivity index (χ4n) is 3.67. The van der Waals surface area contributed by atoms with E-state index in [9.17, 15) is 4.79 Å². The summed E-state index contributed by atoms with van der Waals surface area (Å²) in [4.78, 5) is 11.9. The molecule has 0 unspecified atom stereocenters. The fraction of sp³-hybridized carbons (Fsp3) is 0.938. The van der Waals surface area contributed by atoms with E-state index in [1.165, 1.54) is 57.8 Å². The van der Waals surface area contributed by atoms with Gasteiger partial charge in [0.05, 0.1) is 0 Å². The zero-order valence-corrected chi connectivity index (χ0v) is 12.8. The minimum absolute atomic E-state index is 0.196. The van der Waals surface area contributed by atoms with Crippen molar-refractivity contribution in [2.24, 2.45) is 11.3 Å². The number of rotatable bonds is 6. The molecular weight excluding hydrogens is 258 g/mol. The first-order valence-electron chi connectivity index (χ1n) is 8.07. The van der Waals surface area contributed by atoms with Gasteiger partial charge in [0.1, 0.15) is 0 Å². The molecule has 1 amide bonds.